The fraction of sp³-hybridized carbons (Fsp3) is 0.278. The van der Waals surface area contributed by atoms with Gasteiger partial charge in [-0.05, 0) is 50.2 Å². The molecule has 5 nitrogen and oxygen atoms in total. The first-order valence-corrected chi connectivity index (χ1v) is 8.15. The van der Waals surface area contributed by atoms with Gasteiger partial charge in [-0.2, -0.15) is 4.98 Å². The summed E-state index contributed by atoms with van der Waals surface area (Å²) in [5.41, 5.74) is 2.43. The third-order valence-electron chi connectivity index (χ3n) is 3.52. The van der Waals surface area contributed by atoms with Crippen LogP contribution in [0.3, 0.4) is 0 Å². The molecule has 3 rings (SSSR count). The number of hydrogen-bond donors (Lipinski definition) is 2. The Hall–Kier alpha value is -2.90. The van der Waals surface area contributed by atoms with Crippen LogP contribution in [0.2, 0.25) is 0 Å². The van der Waals surface area contributed by atoms with E-state index in [9.17, 15) is 13.2 Å². The maximum atomic E-state index is 13.1. The van der Waals surface area contributed by atoms with Gasteiger partial charge in [0.1, 0.15) is 11.3 Å². The average Bonchev–Trinajstić information content (AvgIpc) is 2.60. The fourth-order valence-electron chi connectivity index (χ4n) is 2.42. The second kappa shape index (κ2) is 7.55. The second-order valence-corrected chi connectivity index (χ2v) is 6.04. The monoisotopic (exact) mass is 361 g/mol. The van der Waals surface area contributed by atoms with Crippen LogP contribution in [0.5, 0.6) is 0 Å². The van der Waals surface area contributed by atoms with Crippen molar-refractivity contribution in [3.63, 3.8) is 0 Å². The van der Waals surface area contributed by atoms with Crippen LogP contribution in [-0.4, -0.2) is 34.0 Å². The molecule has 0 bridgehead atoms. The molecule has 136 valence electrons. The highest BCUT2D eigenvalue weighted by Gasteiger charge is 2.13. The molecule has 0 aliphatic heterocycles. The lowest BCUT2D eigenvalue weighted by molar-refractivity contribution is 0.163. The number of benzene rings is 1. The van der Waals surface area contributed by atoms with E-state index in [-0.39, 0.29) is 17.8 Å². The molecule has 0 unspecified atom stereocenters. The van der Waals surface area contributed by atoms with Crippen molar-refractivity contribution in [2.75, 3.05) is 17.2 Å². The SMILES string of the molecule is CC(C)Nc1nc(NCC(F)F)nc2ccc(-c3ccc(F)cc3)nc12. The van der Waals surface area contributed by atoms with Crippen molar-refractivity contribution in [2.45, 2.75) is 26.3 Å². The first kappa shape index (κ1) is 17.9. The van der Waals surface area contributed by atoms with Crippen LogP contribution in [0.4, 0.5) is 24.9 Å². The van der Waals surface area contributed by atoms with Crippen LogP contribution >= 0.6 is 0 Å². The molecule has 2 N–H and O–H groups in total. The normalized spacial score (nSPS) is 11.3. The highest BCUT2D eigenvalue weighted by molar-refractivity contribution is 5.88. The van der Waals surface area contributed by atoms with E-state index in [1.54, 1.807) is 24.3 Å². The summed E-state index contributed by atoms with van der Waals surface area (Å²) in [5.74, 6) is 0.234. The Morgan fingerprint density at radius 2 is 1.69 bits per heavy atom. The first-order chi connectivity index (χ1) is 12.4. The van der Waals surface area contributed by atoms with Gasteiger partial charge in [0.2, 0.25) is 5.95 Å². The van der Waals surface area contributed by atoms with E-state index in [1.165, 1.54) is 12.1 Å². The van der Waals surface area contributed by atoms with E-state index in [4.69, 9.17) is 0 Å². The Morgan fingerprint density at radius 3 is 2.35 bits per heavy atom. The second-order valence-electron chi connectivity index (χ2n) is 6.04. The van der Waals surface area contributed by atoms with Crippen LogP contribution in [0, 0.1) is 5.82 Å². The summed E-state index contributed by atoms with van der Waals surface area (Å²) in [6.07, 6.45) is -2.50. The number of aromatic nitrogens is 3. The quantitative estimate of drug-likeness (QED) is 0.684. The van der Waals surface area contributed by atoms with E-state index in [2.05, 4.69) is 25.6 Å². The fourth-order valence-corrected chi connectivity index (χ4v) is 2.42. The number of halogens is 3. The Balaban J connectivity index is 2.05. The molecule has 0 amide bonds. The minimum Gasteiger partial charge on any atom is -0.366 e. The minimum absolute atomic E-state index is 0.0623. The number of anilines is 2. The van der Waals surface area contributed by atoms with Crippen LogP contribution in [0.1, 0.15) is 13.8 Å². The topological polar surface area (TPSA) is 62.7 Å². The number of pyridine rings is 1. The standard InChI is InChI=1S/C18H18F3N5/c1-10(2)23-17-16-14(25-18(26-17)22-9-15(20)21)8-7-13(24-16)11-3-5-12(19)6-4-11/h3-8,10,15H,9H2,1-2H3,(H2,22,23,25,26). The highest BCUT2D eigenvalue weighted by Crippen LogP contribution is 2.25. The van der Waals surface area contributed by atoms with Crippen molar-refractivity contribution in [3.8, 4) is 11.3 Å². The van der Waals surface area contributed by atoms with E-state index in [0.717, 1.165) is 5.56 Å². The molecule has 0 aliphatic rings. The molecule has 0 fully saturated rings. The van der Waals surface area contributed by atoms with Gasteiger partial charge < -0.3 is 10.6 Å². The van der Waals surface area contributed by atoms with Crippen LogP contribution in [0.15, 0.2) is 36.4 Å². The van der Waals surface area contributed by atoms with Crippen LogP contribution in [0.25, 0.3) is 22.3 Å². The average molecular weight is 361 g/mol. The minimum atomic E-state index is -2.50. The molecule has 26 heavy (non-hydrogen) atoms. The molecule has 0 aliphatic carbocycles. The molecule has 2 aromatic heterocycles. The van der Waals surface area contributed by atoms with Gasteiger partial charge in [0.05, 0.1) is 17.8 Å². The summed E-state index contributed by atoms with van der Waals surface area (Å²) in [4.78, 5) is 13.1. The van der Waals surface area contributed by atoms with E-state index in [1.807, 2.05) is 13.8 Å². The Kier molecular flexibility index (Phi) is 5.20. The van der Waals surface area contributed by atoms with Gasteiger partial charge >= 0.3 is 0 Å². The molecule has 8 heteroatoms. The molecule has 2 heterocycles. The third-order valence-corrected chi connectivity index (χ3v) is 3.52. The first-order valence-electron chi connectivity index (χ1n) is 8.15. The predicted molar refractivity (Wildman–Crippen MR) is 96.0 cm³/mol. The zero-order valence-electron chi connectivity index (χ0n) is 14.3. The summed E-state index contributed by atoms with van der Waals surface area (Å²) in [5, 5.41) is 5.68. The summed E-state index contributed by atoms with van der Waals surface area (Å²) < 4.78 is 38.0. The number of nitrogens with zero attached hydrogens (tertiary/aromatic N) is 3. The van der Waals surface area contributed by atoms with Gasteiger partial charge in [0.15, 0.2) is 5.82 Å². The van der Waals surface area contributed by atoms with Gasteiger partial charge in [-0.15, -0.1) is 0 Å². The maximum absolute atomic E-state index is 13.1. The molecule has 1 aromatic carbocycles. The van der Waals surface area contributed by atoms with Crippen molar-refractivity contribution in [3.05, 3.63) is 42.2 Å². The third kappa shape index (κ3) is 4.19. The van der Waals surface area contributed by atoms with E-state index >= 15 is 0 Å². The molecule has 3 aromatic rings. The number of rotatable bonds is 6. The van der Waals surface area contributed by atoms with Crippen molar-refractivity contribution in [1.29, 1.82) is 0 Å². The molecule has 0 saturated heterocycles. The van der Waals surface area contributed by atoms with Crippen molar-refractivity contribution >= 4 is 22.8 Å². The maximum Gasteiger partial charge on any atom is 0.255 e. The van der Waals surface area contributed by atoms with Gasteiger partial charge in [-0.25, -0.2) is 23.1 Å². The van der Waals surface area contributed by atoms with E-state index in [0.29, 0.717) is 22.5 Å². The molecule has 0 atom stereocenters. The van der Waals surface area contributed by atoms with Crippen LogP contribution in [-0.2, 0) is 0 Å². The summed E-state index contributed by atoms with van der Waals surface area (Å²) >= 11 is 0. The van der Waals surface area contributed by atoms with Crippen molar-refractivity contribution in [1.82, 2.24) is 15.0 Å². The zero-order valence-corrected chi connectivity index (χ0v) is 14.3. The van der Waals surface area contributed by atoms with Crippen molar-refractivity contribution < 1.29 is 13.2 Å². The molecule has 0 radical (unpaired) electrons. The summed E-state index contributed by atoms with van der Waals surface area (Å²) in [6.45, 7) is 3.34. The lowest BCUT2D eigenvalue weighted by atomic mass is 10.1. The van der Waals surface area contributed by atoms with Gasteiger partial charge in [-0.3, -0.25) is 0 Å². The zero-order chi connectivity index (χ0) is 18.7. The summed E-state index contributed by atoms with van der Waals surface area (Å²) in [6, 6.07) is 9.55. The number of hydrogen-bond acceptors (Lipinski definition) is 5. The number of nitrogens with one attached hydrogen (secondary N) is 2. The molecular weight excluding hydrogens is 343 g/mol. The molecule has 0 saturated carbocycles. The number of fused-ring (bicyclic) bond motifs is 1. The smallest absolute Gasteiger partial charge is 0.255 e. The summed E-state index contributed by atoms with van der Waals surface area (Å²) in [7, 11) is 0. The van der Waals surface area contributed by atoms with Gasteiger partial charge in [0.25, 0.3) is 6.43 Å². The molecular formula is C18H18F3N5. The Morgan fingerprint density at radius 1 is 0.962 bits per heavy atom. The predicted octanol–water partition coefficient (Wildman–Crippen LogP) is 4.33. The van der Waals surface area contributed by atoms with Crippen molar-refractivity contribution in [2.24, 2.45) is 0 Å². The Bertz CT molecular complexity index is 897. The van der Waals surface area contributed by atoms with Gasteiger partial charge in [-0.1, -0.05) is 0 Å². The Labute approximate surface area is 148 Å². The van der Waals surface area contributed by atoms with E-state index < -0.39 is 13.0 Å². The number of alkyl halides is 2. The lowest BCUT2D eigenvalue weighted by Crippen LogP contribution is -2.16. The largest absolute Gasteiger partial charge is 0.366 e. The highest BCUT2D eigenvalue weighted by atomic mass is 19.3. The van der Waals surface area contributed by atoms with Gasteiger partial charge in [0, 0.05) is 11.6 Å². The molecule has 0 spiro atoms. The van der Waals surface area contributed by atoms with Crippen LogP contribution < -0.4 is 10.6 Å². The lowest BCUT2D eigenvalue weighted by Gasteiger charge is -2.14.